The van der Waals surface area contributed by atoms with Gasteiger partial charge in [0.25, 0.3) is 5.91 Å². The summed E-state index contributed by atoms with van der Waals surface area (Å²) in [7, 11) is 0. The number of hydrogen-bond donors (Lipinski definition) is 1. The molecule has 3 rings (SSSR count). The normalized spacial score (nSPS) is 17.0. The van der Waals surface area contributed by atoms with E-state index in [1.54, 1.807) is 24.3 Å². The minimum Gasteiger partial charge on any atom is -0.480 e. The van der Waals surface area contributed by atoms with Gasteiger partial charge in [0, 0.05) is 11.4 Å². The van der Waals surface area contributed by atoms with Gasteiger partial charge in [0.2, 0.25) is 0 Å². The highest BCUT2D eigenvalue weighted by atomic mass is 35.5. The number of rotatable bonds is 5. The van der Waals surface area contributed by atoms with Gasteiger partial charge in [-0.15, -0.1) is 0 Å². The van der Waals surface area contributed by atoms with Gasteiger partial charge in [-0.2, -0.15) is 0 Å². The van der Waals surface area contributed by atoms with Crippen LogP contribution in [0.5, 0.6) is 0 Å². The van der Waals surface area contributed by atoms with Crippen LogP contribution in [0.3, 0.4) is 0 Å². The molecule has 0 aliphatic carbocycles. The highest BCUT2D eigenvalue weighted by molar-refractivity contribution is 8.26. The van der Waals surface area contributed by atoms with Crippen molar-refractivity contribution >= 4 is 57.9 Å². The SMILES string of the molecule is O=C(O)[C@H](Cc1ccccc1)N1C(=O)/C(=C/c2cccc(Cl)c2)SC1=S. The Balaban J connectivity index is 1.88. The molecule has 0 spiro atoms. The first-order valence-electron chi connectivity index (χ1n) is 7.75. The number of halogens is 1. The van der Waals surface area contributed by atoms with E-state index in [1.807, 2.05) is 36.4 Å². The van der Waals surface area contributed by atoms with Crippen LogP contribution in [0.4, 0.5) is 0 Å². The average Bonchev–Trinajstić information content (AvgIpc) is 2.87. The van der Waals surface area contributed by atoms with Crippen molar-refractivity contribution in [1.29, 1.82) is 0 Å². The molecule has 1 fully saturated rings. The van der Waals surface area contributed by atoms with Crippen molar-refractivity contribution in [2.75, 3.05) is 0 Å². The van der Waals surface area contributed by atoms with Crippen molar-refractivity contribution < 1.29 is 14.7 Å². The van der Waals surface area contributed by atoms with Gasteiger partial charge in [-0.3, -0.25) is 9.69 Å². The van der Waals surface area contributed by atoms with Crippen LogP contribution in [0.2, 0.25) is 5.02 Å². The first kappa shape index (κ1) is 18.6. The zero-order valence-corrected chi connectivity index (χ0v) is 15.9. The van der Waals surface area contributed by atoms with Crippen LogP contribution in [0.1, 0.15) is 11.1 Å². The Bertz CT molecular complexity index is 899. The fourth-order valence-electron chi connectivity index (χ4n) is 2.62. The van der Waals surface area contributed by atoms with Crippen molar-refractivity contribution in [2.24, 2.45) is 0 Å². The van der Waals surface area contributed by atoms with Gasteiger partial charge in [0.15, 0.2) is 0 Å². The maximum absolute atomic E-state index is 12.8. The highest BCUT2D eigenvalue weighted by Crippen LogP contribution is 2.35. The number of carboxylic acid groups (broad SMARTS) is 1. The minimum absolute atomic E-state index is 0.188. The third kappa shape index (κ3) is 4.15. The van der Waals surface area contributed by atoms with Crippen LogP contribution < -0.4 is 0 Å². The quantitative estimate of drug-likeness (QED) is 0.597. The van der Waals surface area contributed by atoms with Gasteiger partial charge >= 0.3 is 5.97 Å². The standard InChI is InChI=1S/C19H14ClNO3S2/c20-14-8-4-7-13(9-14)11-16-17(22)21(19(25)26-16)15(18(23)24)10-12-5-2-1-3-6-12/h1-9,11,15H,10H2,(H,23,24)/b16-11-/t15-/m0/s1. The van der Waals surface area contributed by atoms with E-state index in [1.165, 1.54) is 4.90 Å². The van der Waals surface area contributed by atoms with E-state index in [4.69, 9.17) is 23.8 Å². The molecule has 0 saturated carbocycles. The van der Waals surface area contributed by atoms with Crippen LogP contribution in [0, 0.1) is 0 Å². The van der Waals surface area contributed by atoms with E-state index >= 15 is 0 Å². The molecule has 26 heavy (non-hydrogen) atoms. The van der Waals surface area contributed by atoms with Gasteiger partial charge in [0.1, 0.15) is 10.4 Å². The van der Waals surface area contributed by atoms with Gasteiger partial charge in [-0.1, -0.05) is 78.0 Å². The van der Waals surface area contributed by atoms with Crippen LogP contribution >= 0.6 is 35.6 Å². The number of thioether (sulfide) groups is 1. The van der Waals surface area contributed by atoms with E-state index in [0.29, 0.717) is 9.93 Å². The fraction of sp³-hybridized carbons (Fsp3) is 0.105. The van der Waals surface area contributed by atoms with Crippen LogP contribution in [-0.2, 0) is 16.0 Å². The predicted octanol–water partition coefficient (Wildman–Crippen LogP) is 4.24. The summed E-state index contributed by atoms with van der Waals surface area (Å²) in [5.41, 5.74) is 1.58. The number of aliphatic carboxylic acids is 1. The molecule has 0 unspecified atom stereocenters. The maximum atomic E-state index is 12.8. The first-order chi connectivity index (χ1) is 12.5. The number of hydrogen-bond acceptors (Lipinski definition) is 4. The molecule has 2 aromatic carbocycles. The van der Waals surface area contributed by atoms with E-state index in [-0.39, 0.29) is 10.7 Å². The van der Waals surface area contributed by atoms with E-state index < -0.39 is 17.9 Å². The fourth-order valence-corrected chi connectivity index (χ4v) is 4.18. The largest absolute Gasteiger partial charge is 0.480 e. The maximum Gasteiger partial charge on any atom is 0.327 e. The van der Waals surface area contributed by atoms with Crippen molar-refractivity contribution in [3.8, 4) is 0 Å². The molecule has 1 N–H and O–H groups in total. The smallest absolute Gasteiger partial charge is 0.327 e. The molecule has 1 amide bonds. The van der Waals surface area contributed by atoms with Crippen LogP contribution in [0.15, 0.2) is 59.5 Å². The zero-order valence-electron chi connectivity index (χ0n) is 13.5. The number of thiocarbonyl (C=S) groups is 1. The second-order valence-corrected chi connectivity index (χ2v) is 7.76. The molecule has 0 radical (unpaired) electrons. The Morgan fingerprint density at radius 1 is 1.23 bits per heavy atom. The molecular weight excluding hydrogens is 390 g/mol. The summed E-state index contributed by atoms with van der Waals surface area (Å²) in [5, 5.41) is 10.2. The van der Waals surface area contributed by atoms with Crippen LogP contribution in [-0.4, -0.2) is 32.2 Å². The molecule has 1 aliphatic heterocycles. The molecule has 1 saturated heterocycles. The summed E-state index contributed by atoms with van der Waals surface area (Å²) in [4.78, 5) is 26.2. The molecular formula is C19H14ClNO3S2. The van der Waals surface area contributed by atoms with Gasteiger partial charge in [0.05, 0.1) is 4.91 Å². The monoisotopic (exact) mass is 403 g/mol. The van der Waals surface area contributed by atoms with Gasteiger partial charge < -0.3 is 5.11 Å². The molecule has 1 atom stereocenters. The molecule has 7 heteroatoms. The first-order valence-corrected chi connectivity index (χ1v) is 9.35. The summed E-state index contributed by atoms with van der Waals surface area (Å²) in [6.07, 6.45) is 1.86. The molecule has 1 heterocycles. The number of benzene rings is 2. The summed E-state index contributed by atoms with van der Waals surface area (Å²) >= 11 is 12.4. The Morgan fingerprint density at radius 2 is 1.96 bits per heavy atom. The van der Waals surface area contributed by atoms with Crippen molar-refractivity contribution in [2.45, 2.75) is 12.5 Å². The number of carboxylic acids is 1. The topological polar surface area (TPSA) is 57.6 Å². The second-order valence-electron chi connectivity index (χ2n) is 5.65. The van der Waals surface area contributed by atoms with Gasteiger partial charge in [-0.05, 0) is 29.3 Å². The third-order valence-electron chi connectivity index (χ3n) is 3.84. The lowest BCUT2D eigenvalue weighted by atomic mass is 10.0. The van der Waals surface area contributed by atoms with E-state index in [0.717, 1.165) is 22.9 Å². The summed E-state index contributed by atoms with van der Waals surface area (Å²) in [6.45, 7) is 0. The third-order valence-corrected chi connectivity index (χ3v) is 5.40. The molecule has 0 aromatic heterocycles. The lowest BCUT2D eigenvalue weighted by molar-refractivity contribution is -0.145. The predicted molar refractivity (Wildman–Crippen MR) is 108 cm³/mol. The van der Waals surface area contributed by atoms with Crippen LogP contribution in [0.25, 0.3) is 6.08 Å². The summed E-state index contributed by atoms with van der Waals surface area (Å²) < 4.78 is 0.242. The molecule has 4 nitrogen and oxygen atoms in total. The lowest BCUT2D eigenvalue weighted by Crippen LogP contribution is -2.45. The Morgan fingerprint density at radius 3 is 2.62 bits per heavy atom. The summed E-state index contributed by atoms with van der Waals surface area (Å²) in [5.74, 6) is -1.49. The van der Waals surface area contributed by atoms with Crippen molar-refractivity contribution in [3.63, 3.8) is 0 Å². The Kier molecular flexibility index (Phi) is 5.76. The number of nitrogens with zero attached hydrogens (tertiary/aromatic N) is 1. The molecule has 1 aliphatic rings. The van der Waals surface area contributed by atoms with E-state index in [2.05, 4.69) is 0 Å². The highest BCUT2D eigenvalue weighted by Gasteiger charge is 2.40. The molecule has 0 bridgehead atoms. The Hall–Kier alpha value is -2.15. The Labute approximate surface area is 165 Å². The molecule has 2 aromatic rings. The zero-order chi connectivity index (χ0) is 18.7. The van der Waals surface area contributed by atoms with Crippen molar-refractivity contribution in [3.05, 3.63) is 75.7 Å². The second kappa shape index (κ2) is 8.03. The number of amides is 1. The number of carbonyl (C=O) groups excluding carboxylic acids is 1. The average molecular weight is 404 g/mol. The molecule has 132 valence electrons. The van der Waals surface area contributed by atoms with E-state index in [9.17, 15) is 14.7 Å². The minimum atomic E-state index is -1.09. The summed E-state index contributed by atoms with van der Waals surface area (Å²) in [6, 6.07) is 15.2. The van der Waals surface area contributed by atoms with Crippen molar-refractivity contribution in [1.82, 2.24) is 4.90 Å². The number of carbonyl (C=O) groups is 2. The lowest BCUT2D eigenvalue weighted by Gasteiger charge is -2.23. The van der Waals surface area contributed by atoms with Gasteiger partial charge in [-0.25, -0.2) is 4.79 Å².